The first-order chi connectivity index (χ1) is 12.7. The minimum absolute atomic E-state index is 0.0849. The van der Waals surface area contributed by atoms with Crippen LogP contribution in [0.15, 0.2) is 36.4 Å². The number of aliphatic hydroxyl groups excluding tert-OH is 1. The lowest BCUT2D eigenvalue weighted by atomic mass is 9.75. The average Bonchev–Trinajstić information content (AvgIpc) is 3.18. The highest BCUT2D eigenvalue weighted by molar-refractivity contribution is 5.70. The Morgan fingerprint density at radius 1 is 1.12 bits per heavy atom. The van der Waals surface area contributed by atoms with Crippen molar-refractivity contribution in [2.45, 2.75) is 24.6 Å². The Labute approximate surface area is 152 Å². The molecule has 6 nitrogen and oxygen atoms in total. The van der Waals surface area contributed by atoms with E-state index >= 15 is 0 Å². The first-order valence-corrected chi connectivity index (χ1v) is 9.03. The van der Waals surface area contributed by atoms with E-state index in [1.165, 1.54) is 5.56 Å². The van der Waals surface area contributed by atoms with Crippen molar-refractivity contribution in [1.29, 1.82) is 0 Å². The Morgan fingerprint density at radius 2 is 1.88 bits per heavy atom. The van der Waals surface area contributed by atoms with E-state index in [9.17, 15) is 5.11 Å². The van der Waals surface area contributed by atoms with Gasteiger partial charge in [-0.15, -0.1) is 0 Å². The molecule has 0 saturated heterocycles. The van der Waals surface area contributed by atoms with Gasteiger partial charge in [0.1, 0.15) is 25.6 Å². The molecule has 3 N–H and O–H groups in total. The second-order valence-corrected chi connectivity index (χ2v) is 7.13. The summed E-state index contributed by atoms with van der Waals surface area (Å²) in [6, 6.07) is 12.3. The highest BCUT2D eigenvalue weighted by Gasteiger charge is 2.54. The Hall–Kier alpha value is -2.44. The monoisotopic (exact) mass is 354 g/mol. The van der Waals surface area contributed by atoms with Crippen LogP contribution in [0.3, 0.4) is 0 Å². The summed E-state index contributed by atoms with van der Waals surface area (Å²) in [5, 5.41) is 16.8. The molecular formula is C20H22N2O4. The first-order valence-electron chi connectivity index (χ1n) is 9.03. The summed E-state index contributed by atoms with van der Waals surface area (Å²) >= 11 is 0. The highest BCUT2D eigenvalue weighted by atomic mass is 16.6. The Balaban J connectivity index is 1.64. The number of fused-ring (bicyclic) bond motifs is 5. The van der Waals surface area contributed by atoms with Crippen LogP contribution in [-0.4, -0.2) is 43.7 Å². The van der Waals surface area contributed by atoms with E-state index in [1.807, 2.05) is 12.1 Å². The van der Waals surface area contributed by atoms with Gasteiger partial charge in [0, 0.05) is 23.9 Å². The van der Waals surface area contributed by atoms with Crippen LogP contribution in [-0.2, 0) is 5.41 Å². The van der Waals surface area contributed by atoms with E-state index in [-0.39, 0.29) is 11.6 Å². The molecule has 2 unspecified atom stereocenters. The van der Waals surface area contributed by atoms with Crippen LogP contribution in [0, 0.1) is 0 Å². The quantitative estimate of drug-likeness (QED) is 0.782. The molecule has 0 fully saturated rings. The summed E-state index contributed by atoms with van der Waals surface area (Å²) in [7, 11) is 0. The van der Waals surface area contributed by atoms with Crippen molar-refractivity contribution in [2.75, 3.05) is 31.7 Å². The number of benzene rings is 2. The van der Waals surface area contributed by atoms with Crippen LogP contribution in [0.25, 0.3) is 0 Å². The van der Waals surface area contributed by atoms with Gasteiger partial charge in [0.15, 0.2) is 11.5 Å². The highest BCUT2D eigenvalue weighted by Crippen LogP contribution is 2.54. The number of hydrogen-bond donors (Lipinski definition) is 3. The van der Waals surface area contributed by atoms with Gasteiger partial charge < -0.3 is 24.6 Å². The fourth-order valence-corrected chi connectivity index (χ4v) is 4.22. The standard InChI is InChI=1S/C20H22N2O4/c1-12(23)10-21-19-20(13-4-2-3-5-15(13)22-19)11-26-16-9-18-17(8-14(16)20)24-6-7-25-18/h2-5,8-9,12,19,21-23H,6-7,10-11H2,1H3/t12-,19?,20?/m1/s1. The number of anilines is 1. The summed E-state index contributed by atoms with van der Waals surface area (Å²) in [5.74, 6) is 2.33. The van der Waals surface area contributed by atoms with Gasteiger partial charge in [-0.25, -0.2) is 0 Å². The third-order valence-corrected chi connectivity index (χ3v) is 5.40. The lowest BCUT2D eigenvalue weighted by Crippen LogP contribution is -2.52. The molecule has 3 aliphatic heterocycles. The van der Waals surface area contributed by atoms with Gasteiger partial charge in [-0.2, -0.15) is 0 Å². The second kappa shape index (κ2) is 5.79. The van der Waals surface area contributed by atoms with Gasteiger partial charge in [-0.3, -0.25) is 5.32 Å². The van der Waals surface area contributed by atoms with E-state index in [1.54, 1.807) is 6.92 Å². The predicted octanol–water partition coefficient (Wildman–Crippen LogP) is 1.86. The maximum atomic E-state index is 9.76. The molecule has 136 valence electrons. The Morgan fingerprint density at radius 3 is 2.69 bits per heavy atom. The van der Waals surface area contributed by atoms with E-state index in [0.29, 0.717) is 26.4 Å². The summed E-state index contributed by atoms with van der Waals surface area (Å²) in [5.41, 5.74) is 2.99. The third-order valence-electron chi connectivity index (χ3n) is 5.40. The van der Waals surface area contributed by atoms with Crippen molar-refractivity contribution >= 4 is 5.69 Å². The normalized spacial score (nSPS) is 26.0. The van der Waals surface area contributed by atoms with Crippen molar-refractivity contribution in [1.82, 2.24) is 5.32 Å². The van der Waals surface area contributed by atoms with Gasteiger partial charge in [0.2, 0.25) is 0 Å². The molecule has 0 bridgehead atoms. The molecule has 3 heterocycles. The SMILES string of the molecule is C[C@@H](O)CNC1Nc2ccccc2C12COc1cc3c(cc12)OCCO3. The maximum absolute atomic E-state index is 9.76. The molecule has 26 heavy (non-hydrogen) atoms. The lowest BCUT2D eigenvalue weighted by molar-refractivity contribution is 0.171. The Kier molecular flexibility index (Phi) is 3.52. The molecule has 0 saturated carbocycles. The topological polar surface area (TPSA) is 72.0 Å². The molecule has 0 aliphatic carbocycles. The summed E-state index contributed by atoms with van der Waals surface area (Å²) < 4.78 is 17.6. The molecule has 0 radical (unpaired) electrons. The van der Waals surface area contributed by atoms with Crippen molar-refractivity contribution in [3.63, 3.8) is 0 Å². The number of ether oxygens (including phenoxy) is 3. The number of rotatable bonds is 3. The zero-order valence-electron chi connectivity index (χ0n) is 14.6. The molecule has 0 aromatic heterocycles. The maximum Gasteiger partial charge on any atom is 0.165 e. The lowest BCUT2D eigenvalue weighted by Gasteiger charge is -2.32. The van der Waals surface area contributed by atoms with Gasteiger partial charge >= 0.3 is 0 Å². The molecule has 5 rings (SSSR count). The van der Waals surface area contributed by atoms with Crippen molar-refractivity contribution in [2.24, 2.45) is 0 Å². The van der Waals surface area contributed by atoms with Crippen LogP contribution >= 0.6 is 0 Å². The molecule has 3 aliphatic rings. The number of aliphatic hydroxyl groups is 1. The second-order valence-electron chi connectivity index (χ2n) is 7.13. The van der Waals surface area contributed by atoms with E-state index in [4.69, 9.17) is 14.2 Å². The average molecular weight is 354 g/mol. The zero-order chi connectivity index (χ0) is 17.7. The zero-order valence-corrected chi connectivity index (χ0v) is 14.6. The fraction of sp³-hybridized carbons (Fsp3) is 0.400. The summed E-state index contributed by atoms with van der Waals surface area (Å²) in [6.45, 7) is 3.90. The first kappa shape index (κ1) is 15.8. The summed E-state index contributed by atoms with van der Waals surface area (Å²) in [6.07, 6.45) is -0.516. The van der Waals surface area contributed by atoms with Crippen LogP contribution in [0.2, 0.25) is 0 Å². The molecule has 1 spiro atoms. The number of para-hydroxylation sites is 1. The molecule has 2 aromatic rings. The van der Waals surface area contributed by atoms with Crippen molar-refractivity contribution in [3.8, 4) is 17.2 Å². The summed E-state index contributed by atoms with van der Waals surface area (Å²) in [4.78, 5) is 0. The van der Waals surface area contributed by atoms with Crippen LogP contribution in [0.1, 0.15) is 18.1 Å². The molecule has 6 heteroatoms. The number of nitrogens with one attached hydrogen (secondary N) is 2. The van der Waals surface area contributed by atoms with Gasteiger partial charge in [-0.1, -0.05) is 18.2 Å². The molecular weight excluding hydrogens is 332 g/mol. The van der Waals surface area contributed by atoms with Crippen LogP contribution in [0.5, 0.6) is 17.2 Å². The number of hydrogen-bond acceptors (Lipinski definition) is 6. The fourth-order valence-electron chi connectivity index (χ4n) is 4.22. The smallest absolute Gasteiger partial charge is 0.165 e. The van der Waals surface area contributed by atoms with E-state index in [2.05, 4.69) is 34.9 Å². The minimum Gasteiger partial charge on any atom is -0.492 e. The third kappa shape index (κ3) is 2.19. The van der Waals surface area contributed by atoms with Gasteiger partial charge in [0.05, 0.1) is 17.7 Å². The van der Waals surface area contributed by atoms with Gasteiger partial charge in [-0.05, 0) is 24.6 Å². The van der Waals surface area contributed by atoms with Crippen LogP contribution < -0.4 is 24.8 Å². The largest absolute Gasteiger partial charge is 0.492 e. The molecule has 3 atom stereocenters. The molecule has 0 amide bonds. The van der Waals surface area contributed by atoms with Gasteiger partial charge in [0.25, 0.3) is 0 Å². The van der Waals surface area contributed by atoms with E-state index in [0.717, 1.165) is 28.5 Å². The van der Waals surface area contributed by atoms with Crippen LogP contribution in [0.4, 0.5) is 5.69 Å². The minimum atomic E-state index is -0.431. The van der Waals surface area contributed by atoms with Crippen molar-refractivity contribution in [3.05, 3.63) is 47.5 Å². The Bertz CT molecular complexity index is 854. The van der Waals surface area contributed by atoms with E-state index < -0.39 is 6.10 Å². The predicted molar refractivity (Wildman–Crippen MR) is 97.2 cm³/mol. The van der Waals surface area contributed by atoms with Crippen molar-refractivity contribution < 1.29 is 19.3 Å². The molecule has 2 aromatic carbocycles.